The molecule has 0 aliphatic rings. The van der Waals surface area contributed by atoms with Crippen molar-refractivity contribution < 1.29 is 14.0 Å². The summed E-state index contributed by atoms with van der Waals surface area (Å²) in [4.78, 5) is 22.8. The van der Waals surface area contributed by atoms with E-state index in [0.717, 1.165) is 6.07 Å². The molecule has 1 atom stereocenters. The SMILES string of the molecule is C=CCC(N)C(=O)Nc1cc(C(N)=O)cc(F)c1C. The predicted molar refractivity (Wildman–Crippen MR) is 71.1 cm³/mol. The number of anilines is 1. The summed E-state index contributed by atoms with van der Waals surface area (Å²) in [6.45, 7) is 4.96. The van der Waals surface area contributed by atoms with Crippen LogP contribution in [0.3, 0.4) is 0 Å². The quantitative estimate of drug-likeness (QED) is 0.694. The molecular formula is C13H16FN3O2. The van der Waals surface area contributed by atoms with Crippen LogP contribution < -0.4 is 16.8 Å². The molecule has 1 aromatic carbocycles. The minimum absolute atomic E-state index is 0.0179. The molecule has 19 heavy (non-hydrogen) atoms. The highest BCUT2D eigenvalue weighted by Gasteiger charge is 2.16. The zero-order chi connectivity index (χ0) is 14.6. The number of carbonyl (C=O) groups excluding carboxylic acids is 2. The molecule has 0 radical (unpaired) electrons. The lowest BCUT2D eigenvalue weighted by molar-refractivity contribution is -0.117. The second-order valence-corrected chi connectivity index (χ2v) is 4.12. The van der Waals surface area contributed by atoms with Crippen LogP contribution in [-0.2, 0) is 4.79 Å². The number of hydrogen-bond donors (Lipinski definition) is 3. The summed E-state index contributed by atoms with van der Waals surface area (Å²) in [7, 11) is 0. The van der Waals surface area contributed by atoms with E-state index in [9.17, 15) is 14.0 Å². The van der Waals surface area contributed by atoms with Crippen molar-refractivity contribution in [2.45, 2.75) is 19.4 Å². The molecule has 1 rings (SSSR count). The maximum Gasteiger partial charge on any atom is 0.248 e. The lowest BCUT2D eigenvalue weighted by atomic mass is 10.1. The van der Waals surface area contributed by atoms with Gasteiger partial charge in [-0.15, -0.1) is 6.58 Å². The van der Waals surface area contributed by atoms with Gasteiger partial charge in [-0.25, -0.2) is 4.39 Å². The summed E-state index contributed by atoms with van der Waals surface area (Å²) in [5, 5.41) is 2.47. The molecule has 6 heteroatoms. The third-order valence-corrected chi connectivity index (χ3v) is 2.64. The van der Waals surface area contributed by atoms with Gasteiger partial charge >= 0.3 is 0 Å². The highest BCUT2D eigenvalue weighted by atomic mass is 19.1. The van der Waals surface area contributed by atoms with E-state index in [4.69, 9.17) is 11.5 Å². The molecule has 5 nitrogen and oxygen atoms in total. The fraction of sp³-hybridized carbons (Fsp3) is 0.231. The van der Waals surface area contributed by atoms with E-state index in [0.29, 0.717) is 6.42 Å². The number of nitrogens with one attached hydrogen (secondary N) is 1. The van der Waals surface area contributed by atoms with E-state index in [1.807, 2.05) is 0 Å². The Morgan fingerprint density at radius 1 is 1.53 bits per heavy atom. The van der Waals surface area contributed by atoms with E-state index in [1.165, 1.54) is 19.1 Å². The van der Waals surface area contributed by atoms with Crippen LogP contribution in [0.1, 0.15) is 22.3 Å². The fourth-order valence-electron chi connectivity index (χ4n) is 1.46. The average Bonchev–Trinajstić information content (AvgIpc) is 2.34. The molecule has 0 heterocycles. The highest BCUT2D eigenvalue weighted by Crippen LogP contribution is 2.20. The van der Waals surface area contributed by atoms with Gasteiger partial charge in [0.1, 0.15) is 5.82 Å². The lowest BCUT2D eigenvalue weighted by Crippen LogP contribution is -2.35. The number of benzene rings is 1. The minimum Gasteiger partial charge on any atom is -0.366 e. The summed E-state index contributed by atoms with van der Waals surface area (Å²) in [5.74, 6) is -1.88. The number of primary amides is 1. The van der Waals surface area contributed by atoms with Crippen LogP contribution in [0.25, 0.3) is 0 Å². The van der Waals surface area contributed by atoms with Gasteiger partial charge in [0.25, 0.3) is 0 Å². The van der Waals surface area contributed by atoms with Gasteiger partial charge in [0.15, 0.2) is 0 Å². The number of nitrogens with two attached hydrogens (primary N) is 2. The van der Waals surface area contributed by atoms with Gasteiger partial charge in [-0.1, -0.05) is 6.08 Å². The zero-order valence-electron chi connectivity index (χ0n) is 10.6. The molecule has 0 aromatic heterocycles. The second-order valence-electron chi connectivity index (χ2n) is 4.12. The normalized spacial score (nSPS) is 11.7. The zero-order valence-corrected chi connectivity index (χ0v) is 10.6. The number of rotatable bonds is 5. The Kier molecular flexibility index (Phi) is 4.77. The second kappa shape index (κ2) is 6.10. The molecule has 0 bridgehead atoms. The first kappa shape index (κ1) is 14.8. The maximum atomic E-state index is 13.6. The van der Waals surface area contributed by atoms with E-state index in [1.54, 1.807) is 0 Å². The van der Waals surface area contributed by atoms with Crippen molar-refractivity contribution in [3.05, 3.63) is 41.7 Å². The van der Waals surface area contributed by atoms with Gasteiger partial charge in [-0.05, 0) is 25.5 Å². The van der Waals surface area contributed by atoms with E-state index in [2.05, 4.69) is 11.9 Å². The monoisotopic (exact) mass is 265 g/mol. The molecule has 5 N–H and O–H groups in total. The Balaban J connectivity index is 3.03. The van der Waals surface area contributed by atoms with E-state index in [-0.39, 0.29) is 16.8 Å². The summed E-state index contributed by atoms with van der Waals surface area (Å²) in [5.41, 5.74) is 11.0. The lowest BCUT2D eigenvalue weighted by Gasteiger charge is -2.13. The van der Waals surface area contributed by atoms with Crippen LogP contribution in [0.5, 0.6) is 0 Å². The molecule has 0 saturated heterocycles. The molecule has 1 aromatic rings. The van der Waals surface area contributed by atoms with Gasteiger partial charge in [-0.3, -0.25) is 9.59 Å². The minimum atomic E-state index is -0.780. The number of hydrogen-bond acceptors (Lipinski definition) is 3. The Bertz CT molecular complexity index is 529. The van der Waals surface area contributed by atoms with Crippen LogP contribution >= 0.6 is 0 Å². The van der Waals surface area contributed by atoms with Crippen molar-refractivity contribution in [3.63, 3.8) is 0 Å². The highest BCUT2D eigenvalue weighted by molar-refractivity contribution is 5.98. The van der Waals surface area contributed by atoms with Crippen LogP contribution in [0.15, 0.2) is 24.8 Å². The van der Waals surface area contributed by atoms with Gasteiger partial charge in [0, 0.05) is 16.8 Å². The van der Waals surface area contributed by atoms with E-state index < -0.39 is 23.7 Å². The van der Waals surface area contributed by atoms with Gasteiger partial charge < -0.3 is 16.8 Å². The molecule has 102 valence electrons. The van der Waals surface area contributed by atoms with Gasteiger partial charge in [0.05, 0.1) is 6.04 Å². The Labute approximate surface area is 110 Å². The van der Waals surface area contributed by atoms with Crippen molar-refractivity contribution in [3.8, 4) is 0 Å². The fourth-order valence-corrected chi connectivity index (χ4v) is 1.46. The van der Waals surface area contributed by atoms with Crippen molar-refractivity contribution in [1.29, 1.82) is 0 Å². The number of halogens is 1. The van der Waals surface area contributed by atoms with Crippen LogP contribution in [0.4, 0.5) is 10.1 Å². The van der Waals surface area contributed by atoms with E-state index >= 15 is 0 Å². The molecule has 0 fully saturated rings. The first-order valence-electron chi connectivity index (χ1n) is 5.64. The first-order chi connectivity index (χ1) is 8.86. The maximum absolute atomic E-state index is 13.6. The first-order valence-corrected chi connectivity index (χ1v) is 5.64. The number of carbonyl (C=O) groups is 2. The molecule has 0 aliphatic heterocycles. The largest absolute Gasteiger partial charge is 0.366 e. The third-order valence-electron chi connectivity index (χ3n) is 2.64. The van der Waals surface area contributed by atoms with Crippen molar-refractivity contribution in [2.24, 2.45) is 11.5 Å². The van der Waals surface area contributed by atoms with Crippen LogP contribution in [0, 0.1) is 12.7 Å². The Morgan fingerprint density at radius 3 is 2.68 bits per heavy atom. The Hall–Kier alpha value is -2.21. The molecule has 0 spiro atoms. The molecule has 0 saturated carbocycles. The summed E-state index contributed by atoms with van der Waals surface area (Å²) in [6, 6.07) is 1.56. The standard InChI is InChI=1S/C13H16FN3O2/c1-3-4-10(15)13(19)17-11-6-8(12(16)18)5-9(14)7(11)2/h3,5-6,10H,1,4,15H2,2H3,(H2,16,18)(H,17,19). The van der Waals surface area contributed by atoms with Crippen molar-refractivity contribution >= 4 is 17.5 Å². The van der Waals surface area contributed by atoms with Gasteiger partial charge in [-0.2, -0.15) is 0 Å². The summed E-state index contributed by atoms with van der Waals surface area (Å²) < 4.78 is 13.6. The average molecular weight is 265 g/mol. The van der Waals surface area contributed by atoms with Gasteiger partial charge in [0.2, 0.25) is 11.8 Å². The van der Waals surface area contributed by atoms with Crippen LogP contribution in [-0.4, -0.2) is 17.9 Å². The molecular weight excluding hydrogens is 249 g/mol. The van der Waals surface area contributed by atoms with Crippen LogP contribution in [0.2, 0.25) is 0 Å². The number of amides is 2. The molecule has 0 aliphatic carbocycles. The van der Waals surface area contributed by atoms with Crippen molar-refractivity contribution in [1.82, 2.24) is 0 Å². The summed E-state index contributed by atoms with van der Waals surface area (Å²) >= 11 is 0. The molecule has 1 unspecified atom stereocenters. The predicted octanol–water partition coefficient (Wildman–Crippen LogP) is 1.07. The smallest absolute Gasteiger partial charge is 0.248 e. The van der Waals surface area contributed by atoms with Crippen molar-refractivity contribution in [2.75, 3.05) is 5.32 Å². The Morgan fingerprint density at radius 2 is 2.16 bits per heavy atom. The summed E-state index contributed by atoms with van der Waals surface area (Å²) in [6.07, 6.45) is 1.81. The molecule has 2 amide bonds. The topological polar surface area (TPSA) is 98.2 Å². The third kappa shape index (κ3) is 3.62.